The molecule has 5 atom stereocenters. The normalized spacial score (nSPS) is 25.4. The second-order valence-electron chi connectivity index (χ2n) is 6.51. The maximum absolute atomic E-state index is 12.1. The molecule has 1 aliphatic heterocycles. The highest BCUT2D eigenvalue weighted by Gasteiger charge is 2.45. The first-order valence-electron chi connectivity index (χ1n) is 8.83. The van der Waals surface area contributed by atoms with E-state index in [2.05, 4.69) is 24.5 Å². The third kappa shape index (κ3) is 4.25. The second kappa shape index (κ2) is 8.26. The molecule has 3 aromatic rings. The van der Waals surface area contributed by atoms with E-state index in [1.807, 2.05) is 0 Å². The van der Waals surface area contributed by atoms with E-state index < -0.39 is 44.9 Å². The highest BCUT2D eigenvalue weighted by molar-refractivity contribution is 7.48. The number of aliphatic hydroxyl groups excluding tert-OH is 2. The molecule has 15 heteroatoms. The lowest BCUT2D eigenvalue weighted by molar-refractivity contribution is -0.0508. The van der Waals surface area contributed by atoms with Crippen LogP contribution in [0.15, 0.2) is 37.2 Å². The van der Waals surface area contributed by atoms with E-state index in [-0.39, 0.29) is 22.5 Å². The predicted octanol–water partition coefficient (Wildman–Crippen LogP) is -0.603. The molecule has 4 heterocycles. The van der Waals surface area contributed by atoms with Crippen molar-refractivity contribution >= 4 is 30.8 Å². The fourth-order valence-corrected chi connectivity index (χ4v) is 3.69. The van der Waals surface area contributed by atoms with Crippen molar-refractivity contribution in [2.45, 2.75) is 24.5 Å². The molecule has 1 saturated heterocycles. The van der Waals surface area contributed by atoms with E-state index in [0.717, 1.165) is 6.20 Å². The fraction of sp³-hybridized carbons (Fsp3) is 0.312. The Hall–Kier alpha value is -3.00. The van der Waals surface area contributed by atoms with Crippen LogP contribution in [-0.2, 0) is 18.3 Å². The fourth-order valence-electron chi connectivity index (χ4n) is 2.99. The minimum atomic E-state index is -4.84. The van der Waals surface area contributed by atoms with Crippen molar-refractivity contribution in [1.82, 2.24) is 24.5 Å². The van der Waals surface area contributed by atoms with Crippen LogP contribution in [0.25, 0.3) is 11.2 Å². The highest BCUT2D eigenvalue weighted by atomic mass is 31.2. The number of rotatable bonds is 6. The zero-order chi connectivity index (χ0) is 22.2. The Morgan fingerprint density at radius 1 is 1.29 bits per heavy atom. The van der Waals surface area contributed by atoms with Crippen molar-refractivity contribution < 1.29 is 38.3 Å². The number of nitrogens with zero attached hydrogens (tertiary/aromatic N) is 5. The summed E-state index contributed by atoms with van der Waals surface area (Å²) in [6.45, 7) is -0.660. The lowest BCUT2D eigenvalue weighted by atomic mass is 10.1. The van der Waals surface area contributed by atoms with Gasteiger partial charge in [0.2, 0.25) is 0 Å². The van der Waals surface area contributed by atoms with Crippen molar-refractivity contribution in [2.24, 2.45) is 0 Å². The van der Waals surface area contributed by atoms with E-state index in [1.165, 1.54) is 35.6 Å². The third-order valence-corrected chi connectivity index (χ3v) is 5.37. The Balaban J connectivity index is 1.43. The summed E-state index contributed by atoms with van der Waals surface area (Å²) >= 11 is 0. The number of imidazole rings is 1. The Morgan fingerprint density at radius 3 is 2.84 bits per heavy atom. The highest BCUT2D eigenvalue weighted by Crippen LogP contribution is 2.45. The average molecular weight is 452 g/mol. The van der Waals surface area contributed by atoms with E-state index in [0.29, 0.717) is 0 Å². The summed E-state index contributed by atoms with van der Waals surface area (Å²) in [4.78, 5) is 37.3. The molecule has 0 spiro atoms. The number of phosphoric ester groups is 1. The predicted molar refractivity (Wildman–Crippen MR) is 101 cm³/mol. The zero-order valence-electron chi connectivity index (χ0n) is 15.6. The lowest BCUT2D eigenvalue weighted by Gasteiger charge is -2.17. The maximum Gasteiger partial charge on any atom is 0.529 e. The van der Waals surface area contributed by atoms with Gasteiger partial charge in [-0.25, -0.2) is 24.3 Å². The van der Waals surface area contributed by atoms with Crippen molar-refractivity contribution in [3.63, 3.8) is 0 Å². The van der Waals surface area contributed by atoms with Gasteiger partial charge >= 0.3 is 13.8 Å². The summed E-state index contributed by atoms with van der Waals surface area (Å²) in [5.74, 6) is -1.000. The van der Waals surface area contributed by atoms with Crippen molar-refractivity contribution in [3.05, 3.63) is 42.7 Å². The minimum Gasteiger partial charge on any atom is -0.387 e. The monoisotopic (exact) mass is 452 g/mol. The first kappa shape index (κ1) is 21.2. The number of pyridine rings is 1. The van der Waals surface area contributed by atoms with Crippen molar-refractivity contribution in [1.29, 1.82) is 0 Å². The smallest absolute Gasteiger partial charge is 0.387 e. The number of carbonyl (C=O) groups excluding carboxylic acids is 1. The van der Waals surface area contributed by atoms with Gasteiger partial charge in [0, 0.05) is 12.4 Å². The second-order valence-corrected chi connectivity index (χ2v) is 7.89. The maximum atomic E-state index is 12.1. The number of hydrogen-bond donors (Lipinski definition) is 4. The van der Waals surface area contributed by atoms with Gasteiger partial charge in [0.15, 0.2) is 17.7 Å². The topological polar surface area (TPSA) is 205 Å². The molecule has 31 heavy (non-hydrogen) atoms. The summed E-state index contributed by atoms with van der Waals surface area (Å²) < 4.78 is 28.3. The van der Waals surface area contributed by atoms with E-state index in [9.17, 15) is 24.5 Å². The Bertz CT molecular complexity index is 1140. The molecule has 0 amide bonds. The summed E-state index contributed by atoms with van der Waals surface area (Å²) in [7, 11) is -4.84. The molecule has 14 nitrogen and oxygen atoms in total. The Labute approximate surface area is 173 Å². The van der Waals surface area contributed by atoms with Gasteiger partial charge in [0.05, 0.1) is 18.5 Å². The number of hydrogen-bond acceptors (Lipinski definition) is 12. The number of phosphoric acid groups is 1. The molecule has 0 aromatic carbocycles. The Morgan fingerprint density at radius 2 is 2.10 bits per heavy atom. The molecule has 1 aliphatic rings. The molecular formula is C16H17N6O8P. The standard InChI is InChI=1S/C16H17N6O8P/c17-13-10-14(20-6-19-13)22(7-21-10)15-12(24)11(23)9(29-15)5-28-31(26,27)30-16(25)8-2-1-3-18-4-8/h1-4,6-7,9,11-12,15,23-24H,5H2,(H,26,27)(H2,17,19,20)/t9-,11-,12-,15-/m1/s1. The number of fused-ring (bicyclic) bond motifs is 1. The number of carbonyl (C=O) groups is 1. The number of ether oxygens (including phenoxy) is 1. The van der Waals surface area contributed by atoms with Crippen LogP contribution in [0.5, 0.6) is 0 Å². The summed E-state index contributed by atoms with van der Waals surface area (Å²) in [5.41, 5.74) is 6.20. The molecule has 4 rings (SSSR count). The van der Waals surface area contributed by atoms with Gasteiger partial charge in [0.1, 0.15) is 30.2 Å². The average Bonchev–Trinajstić information content (AvgIpc) is 3.29. The van der Waals surface area contributed by atoms with E-state index >= 15 is 0 Å². The molecule has 164 valence electrons. The van der Waals surface area contributed by atoms with Gasteiger partial charge in [-0.2, -0.15) is 0 Å². The van der Waals surface area contributed by atoms with Crippen molar-refractivity contribution in [2.75, 3.05) is 12.3 Å². The summed E-state index contributed by atoms with van der Waals surface area (Å²) in [5, 5.41) is 20.7. The van der Waals surface area contributed by atoms with Crippen LogP contribution in [-0.4, -0.2) is 70.5 Å². The number of nitrogen functional groups attached to an aromatic ring is 1. The molecule has 0 aliphatic carbocycles. The van der Waals surface area contributed by atoms with Crippen LogP contribution < -0.4 is 5.73 Å². The molecule has 0 bridgehead atoms. The van der Waals surface area contributed by atoms with Gasteiger partial charge < -0.3 is 25.2 Å². The minimum absolute atomic E-state index is 0.0544. The van der Waals surface area contributed by atoms with Crippen LogP contribution in [0.2, 0.25) is 0 Å². The van der Waals surface area contributed by atoms with Crippen LogP contribution in [0, 0.1) is 0 Å². The molecule has 1 unspecified atom stereocenters. The Kier molecular flexibility index (Phi) is 5.66. The molecule has 3 aromatic heterocycles. The van der Waals surface area contributed by atoms with Crippen LogP contribution in [0.4, 0.5) is 5.82 Å². The van der Waals surface area contributed by atoms with Gasteiger partial charge in [-0.3, -0.25) is 19.0 Å². The van der Waals surface area contributed by atoms with Crippen molar-refractivity contribution in [3.8, 4) is 0 Å². The molecular weight excluding hydrogens is 435 g/mol. The first-order valence-corrected chi connectivity index (χ1v) is 10.3. The lowest BCUT2D eigenvalue weighted by Crippen LogP contribution is -2.33. The van der Waals surface area contributed by atoms with Crippen LogP contribution in [0.1, 0.15) is 16.6 Å². The van der Waals surface area contributed by atoms with E-state index in [1.54, 1.807) is 0 Å². The summed E-state index contributed by atoms with van der Waals surface area (Å²) in [6, 6.07) is 2.79. The largest absolute Gasteiger partial charge is 0.529 e. The molecule has 5 N–H and O–H groups in total. The number of nitrogens with two attached hydrogens (primary N) is 1. The van der Waals surface area contributed by atoms with Gasteiger partial charge in [-0.15, -0.1) is 0 Å². The van der Waals surface area contributed by atoms with Gasteiger partial charge in [-0.1, -0.05) is 0 Å². The van der Waals surface area contributed by atoms with Crippen LogP contribution in [0.3, 0.4) is 0 Å². The van der Waals surface area contributed by atoms with Gasteiger partial charge in [-0.05, 0) is 12.1 Å². The van der Waals surface area contributed by atoms with Crippen LogP contribution >= 0.6 is 7.82 Å². The quantitative estimate of drug-likeness (QED) is 0.345. The van der Waals surface area contributed by atoms with Gasteiger partial charge in [0.25, 0.3) is 0 Å². The first-order chi connectivity index (χ1) is 14.8. The number of aromatic nitrogens is 5. The SMILES string of the molecule is Nc1ncnc2c1ncn2[C@@H]1O[C@H](COP(=O)(O)OC(=O)c2cccnc2)[C@@H](O)[C@H]1O. The van der Waals surface area contributed by atoms with E-state index in [4.69, 9.17) is 15.0 Å². The summed E-state index contributed by atoms with van der Waals surface area (Å²) in [6.07, 6.45) is -0.240. The molecule has 1 fully saturated rings. The molecule has 0 radical (unpaired) electrons. The number of anilines is 1. The molecule has 0 saturated carbocycles. The third-order valence-electron chi connectivity index (χ3n) is 4.50. The zero-order valence-corrected chi connectivity index (χ0v) is 16.5. The number of aliphatic hydroxyl groups is 2.